The van der Waals surface area contributed by atoms with Gasteiger partial charge in [-0.2, -0.15) is 5.10 Å². The van der Waals surface area contributed by atoms with E-state index in [1.54, 1.807) is 6.92 Å². The predicted octanol–water partition coefficient (Wildman–Crippen LogP) is 1.85. The Bertz CT molecular complexity index is 321. The highest BCUT2D eigenvalue weighted by molar-refractivity contribution is 6.39. The molecule has 0 aromatic heterocycles. The Balaban J connectivity index is 2.68. The third kappa shape index (κ3) is 4.82. The van der Waals surface area contributed by atoms with E-state index in [-0.39, 0.29) is 5.71 Å². The first-order chi connectivity index (χ1) is 8.99. The molecule has 5 heteroatoms. The molecule has 0 spiro atoms. The summed E-state index contributed by atoms with van der Waals surface area (Å²) in [6.45, 7) is 6.99. The number of esters is 1. The largest absolute Gasteiger partial charge is 0.461 e. The molecule has 1 fully saturated rings. The second-order valence-electron chi connectivity index (χ2n) is 5.51. The summed E-state index contributed by atoms with van der Waals surface area (Å²) in [6, 6.07) is 0. The molecule has 0 atom stereocenters. The molecule has 5 nitrogen and oxygen atoms in total. The Labute approximate surface area is 115 Å². The number of hydrogen-bond acceptors (Lipinski definition) is 5. The van der Waals surface area contributed by atoms with Crippen LogP contribution in [0.25, 0.3) is 0 Å². The van der Waals surface area contributed by atoms with Crippen LogP contribution in [-0.2, 0) is 9.53 Å². The summed E-state index contributed by atoms with van der Waals surface area (Å²) in [5.74, 6) is 0.0623. The third-order valence-corrected chi connectivity index (χ3v) is 3.36. The summed E-state index contributed by atoms with van der Waals surface area (Å²) in [5.41, 5.74) is 1.91. The van der Waals surface area contributed by atoms with Gasteiger partial charge in [0.1, 0.15) is 5.60 Å². The van der Waals surface area contributed by atoms with Crippen molar-refractivity contribution in [3.05, 3.63) is 0 Å². The van der Waals surface area contributed by atoms with Gasteiger partial charge in [0.05, 0.1) is 6.61 Å². The van der Waals surface area contributed by atoms with E-state index < -0.39 is 11.6 Å². The zero-order valence-corrected chi connectivity index (χ0v) is 12.2. The van der Waals surface area contributed by atoms with Gasteiger partial charge in [-0.15, -0.1) is 0 Å². The molecule has 1 rings (SSSR count). The number of ether oxygens (including phenoxy) is 1. The molecule has 0 heterocycles. The summed E-state index contributed by atoms with van der Waals surface area (Å²) >= 11 is 0. The summed E-state index contributed by atoms with van der Waals surface area (Å²) in [4.78, 5) is 11.9. The standard InChI is InChI=1S/C14H26N2O3/c1-4-19-13(17)12(14(18)8-5-6-9-14)16-15-10-7-11(2)3/h11,15,18H,4-10H2,1-3H3/b16-12+. The number of rotatable bonds is 7. The fourth-order valence-electron chi connectivity index (χ4n) is 2.22. The number of carbonyl (C=O) groups excluding carboxylic acids is 1. The molecule has 110 valence electrons. The van der Waals surface area contributed by atoms with E-state index in [1.165, 1.54) is 0 Å². The molecule has 0 aromatic carbocycles. The molecule has 0 aliphatic heterocycles. The maximum absolute atomic E-state index is 11.9. The minimum Gasteiger partial charge on any atom is -0.461 e. The second kappa shape index (κ2) is 7.48. The van der Waals surface area contributed by atoms with Crippen molar-refractivity contribution in [2.45, 2.75) is 58.5 Å². The average molecular weight is 270 g/mol. The lowest BCUT2D eigenvalue weighted by molar-refractivity contribution is -0.136. The normalized spacial score (nSPS) is 18.7. The SMILES string of the molecule is CCOC(=O)/C(=N\NCCC(C)C)C1(O)CCCC1. The van der Waals surface area contributed by atoms with Gasteiger partial charge in [0.2, 0.25) is 0 Å². The van der Waals surface area contributed by atoms with Crippen molar-refractivity contribution in [3.8, 4) is 0 Å². The summed E-state index contributed by atoms with van der Waals surface area (Å²) in [5, 5.41) is 14.6. The molecular formula is C14H26N2O3. The Hall–Kier alpha value is -1.10. The van der Waals surface area contributed by atoms with Gasteiger partial charge in [0, 0.05) is 6.54 Å². The van der Waals surface area contributed by atoms with E-state index in [2.05, 4.69) is 24.4 Å². The topological polar surface area (TPSA) is 70.9 Å². The van der Waals surface area contributed by atoms with E-state index in [9.17, 15) is 9.90 Å². The van der Waals surface area contributed by atoms with Gasteiger partial charge < -0.3 is 15.3 Å². The first kappa shape index (κ1) is 16.0. The number of aliphatic hydroxyl groups is 1. The minimum absolute atomic E-state index is 0.135. The van der Waals surface area contributed by atoms with Crippen LogP contribution in [-0.4, -0.2) is 35.5 Å². The van der Waals surface area contributed by atoms with Crippen molar-refractivity contribution in [2.24, 2.45) is 11.0 Å². The number of nitrogens with zero attached hydrogens (tertiary/aromatic N) is 1. The van der Waals surface area contributed by atoms with Crippen LogP contribution in [0.5, 0.6) is 0 Å². The number of nitrogens with one attached hydrogen (secondary N) is 1. The Kier molecular flexibility index (Phi) is 6.28. The molecule has 1 aliphatic carbocycles. The predicted molar refractivity (Wildman–Crippen MR) is 74.9 cm³/mol. The first-order valence-electron chi connectivity index (χ1n) is 7.20. The van der Waals surface area contributed by atoms with Crippen molar-refractivity contribution in [3.63, 3.8) is 0 Å². The molecule has 0 unspecified atom stereocenters. The van der Waals surface area contributed by atoms with Gasteiger partial charge in [-0.3, -0.25) is 0 Å². The maximum Gasteiger partial charge on any atom is 0.357 e. The lowest BCUT2D eigenvalue weighted by Gasteiger charge is -2.22. The molecule has 0 amide bonds. The number of carbonyl (C=O) groups is 1. The monoisotopic (exact) mass is 270 g/mol. The lowest BCUT2D eigenvalue weighted by atomic mass is 9.96. The molecule has 1 saturated carbocycles. The van der Waals surface area contributed by atoms with Gasteiger partial charge in [0.15, 0.2) is 5.71 Å². The highest BCUT2D eigenvalue weighted by Gasteiger charge is 2.41. The number of hydrogen-bond donors (Lipinski definition) is 2. The van der Waals surface area contributed by atoms with Gasteiger partial charge in [0.25, 0.3) is 0 Å². The van der Waals surface area contributed by atoms with Crippen LogP contribution < -0.4 is 5.43 Å². The van der Waals surface area contributed by atoms with Crippen molar-refractivity contribution in [1.29, 1.82) is 0 Å². The quantitative estimate of drug-likeness (QED) is 0.320. The van der Waals surface area contributed by atoms with Crippen LogP contribution in [0, 0.1) is 5.92 Å². The third-order valence-electron chi connectivity index (χ3n) is 3.36. The Morgan fingerprint density at radius 3 is 2.58 bits per heavy atom. The fraction of sp³-hybridized carbons (Fsp3) is 0.857. The van der Waals surface area contributed by atoms with E-state index in [0.717, 1.165) is 19.3 Å². The molecule has 19 heavy (non-hydrogen) atoms. The molecular weight excluding hydrogens is 244 g/mol. The van der Waals surface area contributed by atoms with Crippen LogP contribution in [0.1, 0.15) is 52.9 Å². The zero-order valence-electron chi connectivity index (χ0n) is 12.2. The van der Waals surface area contributed by atoms with Crippen molar-refractivity contribution >= 4 is 11.7 Å². The maximum atomic E-state index is 11.9. The van der Waals surface area contributed by atoms with Crippen molar-refractivity contribution < 1.29 is 14.6 Å². The second-order valence-corrected chi connectivity index (χ2v) is 5.51. The van der Waals surface area contributed by atoms with E-state index >= 15 is 0 Å². The van der Waals surface area contributed by atoms with Crippen molar-refractivity contribution in [2.75, 3.05) is 13.2 Å². The Morgan fingerprint density at radius 2 is 2.05 bits per heavy atom. The van der Waals surface area contributed by atoms with Gasteiger partial charge in [-0.05, 0) is 32.1 Å². The molecule has 2 N–H and O–H groups in total. The van der Waals surface area contributed by atoms with E-state index in [0.29, 0.717) is 31.9 Å². The van der Waals surface area contributed by atoms with Crippen molar-refractivity contribution in [1.82, 2.24) is 5.43 Å². The molecule has 0 radical (unpaired) electrons. The summed E-state index contributed by atoms with van der Waals surface area (Å²) in [6.07, 6.45) is 3.97. The molecule has 1 aliphatic rings. The average Bonchev–Trinajstić information content (AvgIpc) is 2.76. The zero-order chi connectivity index (χ0) is 14.3. The number of hydrazone groups is 1. The van der Waals surface area contributed by atoms with E-state index in [1.807, 2.05) is 0 Å². The van der Waals surface area contributed by atoms with E-state index in [4.69, 9.17) is 4.74 Å². The highest BCUT2D eigenvalue weighted by atomic mass is 16.5. The van der Waals surface area contributed by atoms with Gasteiger partial charge in [-0.1, -0.05) is 26.7 Å². The Morgan fingerprint density at radius 1 is 1.42 bits per heavy atom. The smallest absolute Gasteiger partial charge is 0.357 e. The molecule has 0 bridgehead atoms. The summed E-state index contributed by atoms with van der Waals surface area (Å²) < 4.78 is 4.99. The molecule has 0 saturated heterocycles. The fourth-order valence-corrected chi connectivity index (χ4v) is 2.22. The van der Waals surface area contributed by atoms with Crippen LogP contribution in [0.3, 0.4) is 0 Å². The molecule has 0 aromatic rings. The van der Waals surface area contributed by atoms with Crippen LogP contribution in [0.4, 0.5) is 0 Å². The van der Waals surface area contributed by atoms with Crippen LogP contribution in [0.15, 0.2) is 5.10 Å². The highest BCUT2D eigenvalue weighted by Crippen LogP contribution is 2.31. The minimum atomic E-state index is -1.11. The van der Waals surface area contributed by atoms with Gasteiger partial charge >= 0.3 is 5.97 Å². The summed E-state index contributed by atoms with van der Waals surface area (Å²) in [7, 11) is 0. The van der Waals surface area contributed by atoms with Crippen LogP contribution in [0.2, 0.25) is 0 Å². The van der Waals surface area contributed by atoms with Crippen LogP contribution >= 0.6 is 0 Å². The lowest BCUT2D eigenvalue weighted by Crippen LogP contribution is -2.43. The van der Waals surface area contributed by atoms with Gasteiger partial charge in [-0.25, -0.2) is 4.79 Å². The first-order valence-corrected chi connectivity index (χ1v) is 7.20.